The average molecular weight is 675 g/mol. The highest BCUT2D eigenvalue weighted by Crippen LogP contribution is 2.51. The molecule has 4 aliphatic heterocycles. The highest BCUT2D eigenvalue weighted by atomic mass is 16.8. The van der Waals surface area contributed by atoms with E-state index in [0.29, 0.717) is 51.4 Å². The van der Waals surface area contributed by atoms with Crippen molar-refractivity contribution in [1.82, 2.24) is 0 Å². The van der Waals surface area contributed by atoms with Crippen LogP contribution in [0.5, 0.6) is 0 Å². The van der Waals surface area contributed by atoms with E-state index in [-0.39, 0.29) is 25.7 Å². The fraction of sp³-hybridized carbons (Fsp3) is 0.625. The molecule has 7 rings (SSSR count). The minimum absolute atomic E-state index is 0.238. The predicted octanol–water partition coefficient (Wildman–Crippen LogP) is 3.09. The molecule has 2 saturated heterocycles. The standard InChI is InChI=1S/C32H34O16/c1-28(19-24(37)45-30(46-25(19)38)10-6-3-7-11-30)26(39)47-32(48-27(28)40)14-12-31(13-15-32)43-22(35)18(23(36)44-31)16-17-20(33)41-29(42-21(17)34)8-4-2-5-9-29/h16,35,37H,2-15H2,1H3. The molecular weight excluding hydrogens is 640 g/mol. The molecule has 0 amide bonds. The average Bonchev–Trinajstić information content (AvgIpc) is 3.01. The zero-order chi connectivity index (χ0) is 34.1. The second kappa shape index (κ2) is 10.9. The Hall–Kier alpha value is -4.76. The molecule has 16 heteroatoms. The summed E-state index contributed by atoms with van der Waals surface area (Å²) >= 11 is 0. The molecule has 0 aromatic carbocycles. The maximum absolute atomic E-state index is 13.4. The van der Waals surface area contributed by atoms with E-state index >= 15 is 0 Å². The topological polar surface area (TPSA) is 217 Å². The molecule has 16 nitrogen and oxygen atoms in total. The van der Waals surface area contributed by atoms with Crippen molar-refractivity contribution < 1.29 is 76.9 Å². The second-order valence-electron chi connectivity index (χ2n) is 13.4. The Balaban J connectivity index is 1.04. The van der Waals surface area contributed by atoms with Crippen molar-refractivity contribution in [1.29, 1.82) is 0 Å². The molecule has 0 aromatic rings. The van der Waals surface area contributed by atoms with E-state index in [2.05, 4.69) is 0 Å². The molecule has 0 unspecified atom stereocenters. The third kappa shape index (κ3) is 5.03. The van der Waals surface area contributed by atoms with Gasteiger partial charge in [0.05, 0.1) is 0 Å². The summed E-state index contributed by atoms with van der Waals surface area (Å²) < 4.78 is 44.1. The van der Waals surface area contributed by atoms with Crippen LogP contribution in [0.3, 0.4) is 0 Å². The summed E-state index contributed by atoms with van der Waals surface area (Å²) in [6.45, 7) is 1.06. The number of hydrogen-bond acceptors (Lipinski definition) is 16. The monoisotopic (exact) mass is 674 g/mol. The van der Waals surface area contributed by atoms with Crippen LogP contribution < -0.4 is 0 Å². The van der Waals surface area contributed by atoms with Crippen molar-refractivity contribution in [3.8, 4) is 0 Å². The first-order valence-electron chi connectivity index (χ1n) is 16.1. The Morgan fingerprint density at radius 2 is 0.875 bits per heavy atom. The first-order chi connectivity index (χ1) is 22.7. The van der Waals surface area contributed by atoms with E-state index in [1.54, 1.807) is 0 Å². The third-order valence-corrected chi connectivity index (χ3v) is 10.2. The lowest BCUT2D eigenvalue weighted by Crippen LogP contribution is -2.61. The molecule has 0 radical (unpaired) electrons. The summed E-state index contributed by atoms with van der Waals surface area (Å²) in [6, 6.07) is 0. The summed E-state index contributed by atoms with van der Waals surface area (Å²) in [7, 11) is 0. The number of aliphatic hydroxyl groups is 2. The van der Waals surface area contributed by atoms with Crippen LogP contribution in [0.25, 0.3) is 0 Å². The van der Waals surface area contributed by atoms with E-state index in [1.165, 1.54) is 0 Å². The van der Waals surface area contributed by atoms with Crippen molar-refractivity contribution in [2.75, 3.05) is 0 Å². The largest absolute Gasteiger partial charge is 0.480 e. The van der Waals surface area contributed by atoms with Gasteiger partial charge in [-0.05, 0) is 38.7 Å². The van der Waals surface area contributed by atoms with Crippen molar-refractivity contribution in [2.24, 2.45) is 5.41 Å². The molecule has 2 N–H and O–H groups in total. The summed E-state index contributed by atoms with van der Waals surface area (Å²) in [6.07, 6.45) is 5.77. The van der Waals surface area contributed by atoms with Gasteiger partial charge in [0.1, 0.15) is 16.7 Å². The normalized spacial score (nSPS) is 32.5. The number of carbonyl (C=O) groups is 6. The number of carbonyl (C=O) groups excluding carboxylic acids is 6. The number of esters is 6. The van der Waals surface area contributed by atoms with Gasteiger partial charge in [-0.2, -0.15) is 0 Å². The van der Waals surface area contributed by atoms with Gasteiger partial charge >= 0.3 is 35.8 Å². The Morgan fingerprint density at radius 1 is 0.479 bits per heavy atom. The van der Waals surface area contributed by atoms with Crippen LogP contribution in [-0.2, 0) is 66.7 Å². The van der Waals surface area contributed by atoms with Crippen LogP contribution in [0.4, 0.5) is 0 Å². The molecule has 258 valence electrons. The van der Waals surface area contributed by atoms with Gasteiger partial charge < -0.3 is 48.1 Å². The molecule has 7 aliphatic rings. The van der Waals surface area contributed by atoms with Gasteiger partial charge in [0.25, 0.3) is 35.0 Å². The number of rotatable bonds is 2. The number of ether oxygens (including phenoxy) is 8. The van der Waals surface area contributed by atoms with Crippen molar-refractivity contribution in [3.05, 3.63) is 34.7 Å². The van der Waals surface area contributed by atoms with Crippen LogP contribution in [0.15, 0.2) is 34.7 Å². The highest BCUT2D eigenvalue weighted by molar-refractivity contribution is 6.17. The lowest BCUT2D eigenvalue weighted by atomic mass is 9.79. The lowest BCUT2D eigenvalue weighted by Gasteiger charge is -2.48. The van der Waals surface area contributed by atoms with Gasteiger partial charge in [-0.15, -0.1) is 0 Å². The first-order valence-corrected chi connectivity index (χ1v) is 16.1. The number of hydrogen-bond donors (Lipinski definition) is 2. The molecule has 0 atom stereocenters. The van der Waals surface area contributed by atoms with Crippen LogP contribution >= 0.6 is 0 Å². The van der Waals surface area contributed by atoms with Gasteiger partial charge in [0, 0.05) is 51.4 Å². The van der Waals surface area contributed by atoms with Crippen molar-refractivity contribution in [2.45, 2.75) is 120 Å². The smallest absolute Gasteiger partial charge is 0.348 e. The van der Waals surface area contributed by atoms with E-state index in [9.17, 15) is 39.0 Å². The summed E-state index contributed by atoms with van der Waals surface area (Å²) in [5.74, 6) is -14.9. The molecule has 48 heavy (non-hydrogen) atoms. The van der Waals surface area contributed by atoms with Crippen LogP contribution in [-0.4, -0.2) is 69.2 Å². The minimum atomic E-state index is -2.41. The second-order valence-corrected chi connectivity index (χ2v) is 13.4. The summed E-state index contributed by atoms with van der Waals surface area (Å²) in [5, 5.41) is 21.4. The van der Waals surface area contributed by atoms with Gasteiger partial charge in [-0.25, -0.2) is 19.2 Å². The quantitative estimate of drug-likeness (QED) is 0.141. The fourth-order valence-electron chi connectivity index (χ4n) is 7.33. The van der Waals surface area contributed by atoms with Crippen molar-refractivity contribution in [3.63, 3.8) is 0 Å². The Kier molecular flexibility index (Phi) is 7.22. The van der Waals surface area contributed by atoms with Gasteiger partial charge in [-0.3, -0.25) is 9.59 Å². The van der Waals surface area contributed by atoms with Gasteiger partial charge in [0.15, 0.2) is 0 Å². The zero-order valence-corrected chi connectivity index (χ0v) is 26.1. The van der Waals surface area contributed by atoms with Crippen LogP contribution in [0.2, 0.25) is 0 Å². The number of aliphatic hydroxyl groups excluding tert-OH is 2. The molecule has 3 saturated carbocycles. The van der Waals surface area contributed by atoms with Crippen molar-refractivity contribution >= 4 is 35.8 Å². The Labute approximate surface area is 272 Å². The Morgan fingerprint density at radius 3 is 1.35 bits per heavy atom. The predicted molar refractivity (Wildman–Crippen MR) is 150 cm³/mol. The molecule has 3 aliphatic carbocycles. The zero-order valence-electron chi connectivity index (χ0n) is 26.1. The molecule has 5 fully saturated rings. The van der Waals surface area contributed by atoms with Gasteiger partial charge in [-0.1, -0.05) is 12.8 Å². The third-order valence-electron chi connectivity index (χ3n) is 10.2. The SMILES string of the molecule is CC1(C2=C(O)OC3(CCCCC3)OC2=O)C(=O)OC2(CCC3(CC2)OC(=O)C(C=C2C(=O)OC4(CCCCC4)OC2=O)=C(O)O3)OC1=O. The molecule has 0 bridgehead atoms. The maximum Gasteiger partial charge on any atom is 0.348 e. The fourth-order valence-corrected chi connectivity index (χ4v) is 7.33. The molecule has 0 aromatic heterocycles. The highest BCUT2D eigenvalue weighted by Gasteiger charge is 2.65. The molecule has 4 heterocycles. The van der Waals surface area contributed by atoms with Crippen LogP contribution in [0.1, 0.15) is 96.8 Å². The minimum Gasteiger partial charge on any atom is -0.480 e. The van der Waals surface area contributed by atoms with E-state index in [0.717, 1.165) is 25.8 Å². The Bertz CT molecular complexity index is 1550. The van der Waals surface area contributed by atoms with E-state index in [1.807, 2.05) is 0 Å². The van der Waals surface area contributed by atoms with Gasteiger partial charge in [0.2, 0.25) is 5.41 Å². The van der Waals surface area contributed by atoms with Crippen LogP contribution in [0, 0.1) is 5.41 Å². The van der Waals surface area contributed by atoms with E-state index < -0.39 is 93.0 Å². The first kappa shape index (κ1) is 31.8. The summed E-state index contributed by atoms with van der Waals surface area (Å²) in [5.41, 5.74) is -4.40. The summed E-state index contributed by atoms with van der Waals surface area (Å²) in [4.78, 5) is 78.4. The lowest BCUT2D eigenvalue weighted by molar-refractivity contribution is -0.308. The van der Waals surface area contributed by atoms with E-state index in [4.69, 9.17) is 37.9 Å². The molecular formula is C32H34O16. The maximum atomic E-state index is 13.4. The molecule has 4 spiro atoms.